The second-order valence-electron chi connectivity index (χ2n) is 8.15. The molecule has 1 amide bonds. The minimum atomic E-state index is -0.122. The van der Waals surface area contributed by atoms with E-state index >= 15 is 0 Å². The van der Waals surface area contributed by atoms with E-state index in [1.165, 1.54) is 19.3 Å². The number of halogens is 3. The Hall–Kier alpha value is -1.12. The smallest absolute Gasteiger partial charge is 0.281 e. The summed E-state index contributed by atoms with van der Waals surface area (Å²) in [5.74, 6) is 1.32. The van der Waals surface area contributed by atoms with E-state index in [1.54, 1.807) is 23.5 Å². The van der Waals surface area contributed by atoms with Crippen LogP contribution in [0.2, 0.25) is 10.0 Å². The Labute approximate surface area is 198 Å². The first-order valence-electron chi connectivity index (χ1n) is 10.1. The lowest BCUT2D eigenvalue weighted by Gasteiger charge is -2.23. The van der Waals surface area contributed by atoms with Crippen molar-refractivity contribution >= 4 is 67.8 Å². The van der Waals surface area contributed by atoms with Gasteiger partial charge in [0.2, 0.25) is 0 Å². The number of anilines is 1. The summed E-state index contributed by atoms with van der Waals surface area (Å²) in [7, 11) is 0. The summed E-state index contributed by atoms with van der Waals surface area (Å²) in [6.45, 7) is 1.88. The van der Waals surface area contributed by atoms with Gasteiger partial charge in [0.1, 0.15) is 5.71 Å². The minimum absolute atomic E-state index is 0.0846. The van der Waals surface area contributed by atoms with Crippen LogP contribution in [0, 0.1) is 11.8 Å². The first-order chi connectivity index (χ1) is 14.5. The fourth-order valence-corrected chi connectivity index (χ4v) is 6.80. The van der Waals surface area contributed by atoms with Crippen LogP contribution in [0.1, 0.15) is 36.6 Å². The average molecular weight is 528 g/mol. The van der Waals surface area contributed by atoms with Crippen molar-refractivity contribution in [2.75, 3.05) is 18.1 Å². The van der Waals surface area contributed by atoms with Crippen LogP contribution in [0.15, 0.2) is 39.2 Å². The summed E-state index contributed by atoms with van der Waals surface area (Å²) < 4.78 is 1.04. The number of hydrogen-bond acceptors (Lipinski definition) is 5. The lowest BCUT2D eigenvalue weighted by atomic mass is 10.0. The maximum Gasteiger partial charge on any atom is 0.281 e. The highest BCUT2D eigenvalue weighted by atomic mass is 79.9. The number of amides is 1. The quantitative estimate of drug-likeness (QED) is 0.539. The van der Waals surface area contributed by atoms with E-state index in [9.17, 15) is 4.79 Å². The van der Waals surface area contributed by atoms with Crippen LogP contribution in [0.25, 0.3) is 0 Å². The Bertz CT molecular complexity index is 1000. The predicted molar refractivity (Wildman–Crippen MR) is 126 cm³/mol. The number of thiophene rings is 1. The molecule has 2 aromatic rings. The van der Waals surface area contributed by atoms with E-state index in [2.05, 4.69) is 32.4 Å². The molecular formula is C21H21BrCl2N4OS. The van der Waals surface area contributed by atoms with Crippen LogP contribution in [0.3, 0.4) is 0 Å². The third-order valence-electron chi connectivity index (χ3n) is 6.24. The van der Waals surface area contributed by atoms with Gasteiger partial charge in [-0.2, -0.15) is 5.10 Å². The summed E-state index contributed by atoms with van der Waals surface area (Å²) in [5.41, 5.74) is 4.36. The van der Waals surface area contributed by atoms with Crippen molar-refractivity contribution in [3.63, 3.8) is 0 Å². The van der Waals surface area contributed by atoms with Crippen LogP contribution in [-0.4, -0.2) is 29.7 Å². The number of benzene rings is 1. The molecule has 30 heavy (non-hydrogen) atoms. The Morgan fingerprint density at radius 1 is 1.17 bits per heavy atom. The molecule has 0 spiro atoms. The van der Waals surface area contributed by atoms with Crippen molar-refractivity contribution in [1.29, 1.82) is 0 Å². The molecule has 158 valence electrons. The Morgan fingerprint density at radius 2 is 1.93 bits per heavy atom. The summed E-state index contributed by atoms with van der Waals surface area (Å²) in [6.07, 6.45) is 4.39. The molecule has 0 radical (unpaired) electrons. The number of hydrogen-bond donors (Lipinski definition) is 1. The van der Waals surface area contributed by atoms with Gasteiger partial charge in [-0.15, -0.1) is 11.3 Å². The SMILES string of the molecule is O=C(NN1CC2CCCC2C1)C1=NN(c2ccc(Cl)cc2Cl)C(c2ccc(Br)s2)C1. The number of hydrazine groups is 1. The third-order valence-corrected chi connectivity index (χ3v) is 8.50. The number of nitrogens with one attached hydrogen (secondary N) is 1. The fraction of sp³-hybridized carbons (Fsp3) is 0.429. The molecule has 2 aliphatic heterocycles. The minimum Gasteiger partial charge on any atom is -0.284 e. The van der Waals surface area contributed by atoms with Crippen LogP contribution in [0.4, 0.5) is 5.69 Å². The maximum atomic E-state index is 13.0. The number of nitrogens with zero attached hydrogens (tertiary/aromatic N) is 3. The predicted octanol–water partition coefficient (Wildman–Crippen LogP) is 5.89. The normalized spacial score (nSPS) is 26.2. The molecule has 3 atom stereocenters. The van der Waals surface area contributed by atoms with Gasteiger partial charge in [-0.3, -0.25) is 15.2 Å². The zero-order chi connectivity index (χ0) is 20.8. The van der Waals surface area contributed by atoms with E-state index in [0.29, 0.717) is 22.2 Å². The topological polar surface area (TPSA) is 47.9 Å². The van der Waals surface area contributed by atoms with Crippen molar-refractivity contribution in [3.05, 3.63) is 49.0 Å². The van der Waals surface area contributed by atoms with Gasteiger partial charge in [-0.25, -0.2) is 5.01 Å². The zero-order valence-corrected chi connectivity index (χ0v) is 20.1. The van der Waals surface area contributed by atoms with Gasteiger partial charge < -0.3 is 0 Å². The molecule has 0 bridgehead atoms. The van der Waals surface area contributed by atoms with Crippen molar-refractivity contribution < 1.29 is 4.79 Å². The molecule has 1 aromatic heterocycles. The zero-order valence-electron chi connectivity index (χ0n) is 16.2. The van der Waals surface area contributed by atoms with Gasteiger partial charge in [0.05, 0.1) is 20.5 Å². The fourth-order valence-electron chi connectivity index (χ4n) is 4.80. The number of carbonyl (C=O) groups is 1. The molecular weight excluding hydrogens is 507 g/mol. The second kappa shape index (κ2) is 8.43. The van der Waals surface area contributed by atoms with E-state index in [4.69, 9.17) is 28.3 Å². The van der Waals surface area contributed by atoms with Gasteiger partial charge in [-0.1, -0.05) is 29.6 Å². The highest BCUT2D eigenvalue weighted by molar-refractivity contribution is 9.11. The molecule has 3 heterocycles. The van der Waals surface area contributed by atoms with Gasteiger partial charge in [-0.05, 0) is 70.9 Å². The monoisotopic (exact) mass is 526 g/mol. The summed E-state index contributed by atoms with van der Waals surface area (Å²) in [4.78, 5) is 14.2. The maximum absolute atomic E-state index is 13.0. The van der Waals surface area contributed by atoms with E-state index < -0.39 is 0 Å². The molecule has 5 rings (SSSR count). The molecule has 1 saturated carbocycles. The van der Waals surface area contributed by atoms with Gasteiger partial charge in [0.15, 0.2) is 0 Å². The summed E-state index contributed by atoms with van der Waals surface area (Å²) in [6, 6.07) is 9.35. The Balaban J connectivity index is 1.38. The van der Waals surface area contributed by atoms with Gasteiger partial charge in [0, 0.05) is 29.4 Å². The Kier molecular flexibility index (Phi) is 5.84. The second-order valence-corrected chi connectivity index (χ2v) is 11.5. The molecule has 3 unspecified atom stereocenters. The number of hydrazone groups is 1. The molecule has 1 saturated heterocycles. The lowest BCUT2D eigenvalue weighted by molar-refractivity contribution is -0.119. The van der Waals surface area contributed by atoms with Crippen LogP contribution >= 0.6 is 50.5 Å². The van der Waals surface area contributed by atoms with Crippen molar-refractivity contribution in [1.82, 2.24) is 10.4 Å². The third kappa shape index (κ3) is 4.02. The number of fused-ring (bicyclic) bond motifs is 1. The average Bonchev–Trinajstić information content (AvgIpc) is 3.44. The van der Waals surface area contributed by atoms with Crippen molar-refractivity contribution in [2.45, 2.75) is 31.7 Å². The van der Waals surface area contributed by atoms with Crippen molar-refractivity contribution in [2.24, 2.45) is 16.9 Å². The van der Waals surface area contributed by atoms with E-state index in [1.807, 2.05) is 17.1 Å². The number of carbonyl (C=O) groups excluding carboxylic acids is 1. The van der Waals surface area contributed by atoms with Crippen LogP contribution in [-0.2, 0) is 4.79 Å². The first kappa shape index (κ1) is 20.8. The Morgan fingerprint density at radius 3 is 2.60 bits per heavy atom. The van der Waals surface area contributed by atoms with Crippen molar-refractivity contribution in [3.8, 4) is 0 Å². The molecule has 1 aromatic carbocycles. The van der Waals surface area contributed by atoms with Gasteiger partial charge >= 0.3 is 0 Å². The van der Waals surface area contributed by atoms with Crippen LogP contribution in [0.5, 0.6) is 0 Å². The van der Waals surface area contributed by atoms with Gasteiger partial charge in [0.25, 0.3) is 5.91 Å². The highest BCUT2D eigenvalue weighted by Crippen LogP contribution is 2.42. The summed E-state index contributed by atoms with van der Waals surface area (Å²) >= 11 is 17.7. The number of rotatable bonds is 4. The standard InChI is InChI=1S/C21H21BrCl2N4OS/c22-20-7-6-19(30-20)18-9-16(25-28(18)17-5-4-14(23)8-15(17)24)21(29)26-27-10-12-2-1-3-13(12)11-27/h4-8,12-13,18H,1-3,9-11H2,(H,26,29). The largest absolute Gasteiger partial charge is 0.284 e. The lowest BCUT2D eigenvalue weighted by Crippen LogP contribution is -2.44. The molecule has 1 N–H and O–H groups in total. The molecule has 1 aliphatic carbocycles. The highest BCUT2D eigenvalue weighted by Gasteiger charge is 2.39. The van der Waals surface area contributed by atoms with E-state index in [-0.39, 0.29) is 11.9 Å². The van der Waals surface area contributed by atoms with E-state index in [0.717, 1.165) is 39.3 Å². The molecule has 2 fully saturated rings. The first-order valence-corrected chi connectivity index (χ1v) is 12.5. The van der Waals surface area contributed by atoms with Crippen LogP contribution < -0.4 is 10.4 Å². The molecule has 9 heteroatoms. The summed E-state index contributed by atoms with van der Waals surface area (Å²) in [5, 5.41) is 9.72. The molecule has 3 aliphatic rings. The molecule has 5 nitrogen and oxygen atoms in total.